The molecule has 3 rings (SSSR count). The highest BCUT2D eigenvalue weighted by Crippen LogP contribution is 2.27. The first-order valence-corrected chi connectivity index (χ1v) is 9.00. The Kier molecular flexibility index (Phi) is 5.62. The molecule has 3 N–H and O–H groups in total. The first-order chi connectivity index (χ1) is 12.9. The van der Waals surface area contributed by atoms with Gasteiger partial charge in [0.05, 0.1) is 16.5 Å². The molecule has 0 bridgehead atoms. The second kappa shape index (κ2) is 7.93. The van der Waals surface area contributed by atoms with Gasteiger partial charge in [-0.1, -0.05) is 35.5 Å². The number of halogens is 3. The summed E-state index contributed by atoms with van der Waals surface area (Å²) in [6.45, 7) is 1.60. The molecule has 0 unspecified atom stereocenters. The van der Waals surface area contributed by atoms with E-state index in [2.05, 4.69) is 15.5 Å². The quantitative estimate of drug-likeness (QED) is 0.495. The van der Waals surface area contributed by atoms with Gasteiger partial charge in [0.2, 0.25) is 11.1 Å². The number of hydrogen-bond acceptors (Lipinski definition) is 5. The van der Waals surface area contributed by atoms with Crippen molar-refractivity contribution in [1.82, 2.24) is 14.9 Å². The minimum Gasteiger partial charge on any atom is -0.335 e. The van der Waals surface area contributed by atoms with Crippen molar-refractivity contribution in [3.63, 3.8) is 0 Å². The summed E-state index contributed by atoms with van der Waals surface area (Å²) >= 11 is 6.70. The zero-order valence-corrected chi connectivity index (χ0v) is 15.6. The van der Waals surface area contributed by atoms with Crippen molar-refractivity contribution >= 4 is 35.0 Å². The molecule has 1 heterocycles. The van der Waals surface area contributed by atoms with Gasteiger partial charge < -0.3 is 11.2 Å². The molecule has 0 aliphatic carbocycles. The minimum atomic E-state index is -0.667. The lowest BCUT2D eigenvalue weighted by atomic mass is 10.2. The highest BCUT2D eigenvalue weighted by atomic mass is 35.5. The fourth-order valence-corrected chi connectivity index (χ4v) is 3.15. The maximum Gasteiger partial charge on any atom is 0.237 e. The topological polar surface area (TPSA) is 85.8 Å². The Hall–Kier alpha value is -2.65. The van der Waals surface area contributed by atoms with Gasteiger partial charge in [-0.15, -0.1) is 10.2 Å². The van der Waals surface area contributed by atoms with E-state index in [1.54, 1.807) is 19.1 Å². The number of aromatic nitrogens is 3. The van der Waals surface area contributed by atoms with Gasteiger partial charge in [0.15, 0.2) is 5.82 Å². The molecule has 0 saturated heterocycles. The molecule has 10 heteroatoms. The molecule has 140 valence electrons. The van der Waals surface area contributed by atoms with Gasteiger partial charge in [-0.25, -0.2) is 13.5 Å². The summed E-state index contributed by atoms with van der Waals surface area (Å²) in [6, 6.07) is 9.95. The van der Waals surface area contributed by atoms with Crippen LogP contribution in [-0.2, 0) is 4.79 Å². The molecule has 1 amide bonds. The number of nitrogen functional groups attached to an aromatic ring is 1. The van der Waals surface area contributed by atoms with E-state index in [-0.39, 0.29) is 27.3 Å². The Morgan fingerprint density at radius 3 is 2.67 bits per heavy atom. The van der Waals surface area contributed by atoms with E-state index in [1.165, 1.54) is 24.3 Å². The van der Waals surface area contributed by atoms with Crippen molar-refractivity contribution in [1.29, 1.82) is 0 Å². The summed E-state index contributed by atoms with van der Waals surface area (Å²) in [5.41, 5.74) is 0.206. The number of nitrogens with two attached hydrogens (primary N) is 1. The van der Waals surface area contributed by atoms with Crippen LogP contribution in [0, 0.1) is 11.6 Å². The first kappa shape index (κ1) is 19.1. The highest BCUT2D eigenvalue weighted by Gasteiger charge is 2.21. The summed E-state index contributed by atoms with van der Waals surface area (Å²) in [6.07, 6.45) is 0. The Bertz CT molecular complexity index is 997. The van der Waals surface area contributed by atoms with Crippen LogP contribution >= 0.6 is 23.4 Å². The Balaban J connectivity index is 1.73. The monoisotopic (exact) mass is 409 g/mol. The predicted octanol–water partition coefficient (Wildman–Crippen LogP) is 3.71. The van der Waals surface area contributed by atoms with Gasteiger partial charge in [-0.3, -0.25) is 4.79 Å². The number of benzene rings is 2. The van der Waals surface area contributed by atoms with Gasteiger partial charge >= 0.3 is 0 Å². The molecule has 0 saturated carbocycles. The number of carbonyl (C=O) groups excluding carboxylic acids is 1. The van der Waals surface area contributed by atoms with Crippen molar-refractivity contribution in [2.45, 2.75) is 17.3 Å². The van der Waals surface area contributed by atoms with Crippen LogP contribution in [0.25, 0.3) is 11.4 Å². The van der Waals surface area contributed by atoms with Crippen molar-refractivity contribution in [2.24, 2.45) is 0 Å². The number of nitrogens with zero attached hydrogens (tertiary/aromatic N) is 3. The summed E-state index contributed by atoms with van der Waals surface area (Å²) in [5.74, 6) is 4.48. The SMILES string of the molecule is C[C@H](Sc1nnc(-c2ccccc2F)n1N)C(=O)Nc1ccc(Cl)cc1F. The van der Waals surface area contributed by atoms with E-state index in [9.17, 15) is 13.6 Å². The van der Waals surface area contributed by atoms with E-state index in [4.69, 9.17) is 17.4 Å². The predicted molar refractivity (Wildman–Crippen MR) is 101 cm³/mol. The van der Waals surface area contributed by atoms with Crippen LogP contribution in [-0.4, -0.2) is 26.0 Å². The van der Waals surface area contributed by atoms with Gasteiger partial charge in [0, 0.05) is 5.02 Å². The minimum absolute atomic E-state index is 0.0121. The third-order valence-corrected chi connectivity index (χ3v) is 4.91. The van der Waals surface area contributed by atoms with Crippen LogP contribution in [0.3, 0.4) is 0 Å². The number of amides is 1. The highest BCUT2D eigenvalue weighted by molar-refractivity contribution is 8.00. The Labute approximate surface area is 162 Å². The van der Waals surface area contributed by atoms with Crippen LogP contribution in [0.4, 0.5) is 14.5 Å². The smallest absolute Gasteiger partial charge is 0.237 e. The van der Waals surface area contributed by atoms with Gasteiger partial charge in [0.25, 0.3) is 0 Å². The van der Waals surface area contributed by atoms with E-state index < -0.39 is 22.8 Å². The molecule has 27 heavy (non-hydrogen) atoms. The first-order valence-electron chi connectivity index (χ1n) is 7.74. The van der Waals surface area contributed by atoms with E-state index >= 15 is 0 Å². The molecule has 1 aromatic heterocycles. The second-order valence-electron chi connectivity index (χ2n) is 5.53. The third-order valence-electron chi connectivity index (χ3n) is 3.62. The fourth-order valence-electron chi connectivity index (χ4n) is 2.22. The summed E-state index contributed by atoms with van der Waals surface area (Å²) in [5, 5.41) is 10.0. The van der Waals surface area contributed by atoms with Crippen molar-refractivity contribution in [3.05, 3.63) is 59.1 Å². The average Bonchev–Trinajstić information content (AvgIpc) is 2.98. The molecule has 1 atom stereocenters. The van der Waals surface area contributed by atoms with Crippen LogP contribution < -0.4 is 11.2 Å². The summed E-state index contributed by atoms with van der Waals surface area (Å²) < 4.78 is 28.8. The summed E-state index contributed by atoms with van der Waals surface area (Å²) in [4.78, 5) is 12.3. The van der Waals surface area contributed by atoms with E-state index in [1.807, 2.05) is 0 Å². The number of anilines is 1. The normalized spacial score (nSPS) is 12.0. The molecule has 3 aromatic rings. The maximum absolute atomic E-state index is 13.9. The second-order valence-corrected chi connectivity index (χ2v) is 7.27. The molecular formula is C17H14ClF2N5OS. The van der Waals surface area contributed by atoms with E-state index in [0.717, 1.165) is 22.5 Å². The van der Waals surface area contributed by atoms with Crippen molar-refractivity contribution in [2.75, 3.05) is 11.2 Å². The Morgan fingerprint density at radius 1 is 1.22 bits per heavy atom. The summed E-state index contributed by atoms with van der Waals surface area (Å²) in [7, 11) is 0. The lowest BCUT2D eigenvalue weighted by Crippen LogP contribution is -2.24. The zero-order valence-electron chi connectivity index (χ0n) is 14.0. The lowest BCUT2D eigenvalue weighted by Gasteiger charge is -2.12. The van der Waals surface area contributed by atoms with Gasteiger partial charge in [-0.2, -0.15) is 0 Å². The number of thioether (sulfide) groups is 1. The largest absolute Gasteiger partial charge is 0.335 e. The van der Waals surface area contributed by atoms with Crippen LogP contribution in [0.5, 0.6) is 0 Å². The number of rotatable bonds is 5. The zero-order chi connectivity index (χ0) is 19.6. The number of hydrogen-bond donors (Lipinski definition) is 2. The van der Waals surface area contributed by atoms with Gasteiger partial charge in [-0.05, 0) is 37.3 Å². The number of carbonyl (C=O) groups is 1. The lowest BCUT2D eigenvalue weighted by molar-refractivity contribution is -0.115. The molecule has 0 aliphatic rings. The van der Waals surface area contributed by atoms with Crippen molar-refractivity contribution in [3.8, 4) is 11.4 Å². The molecule has 0 spiro atoms. The van der Waals surface area contributed by atoms with Crippen LogP contribution in [0.2, 0.25) is 5.02 Å². The van der Waals surface area contributed by atoms with Gasteiger partial charge in [0.1, 0.15) is 11.6 Å². The average molecular weight is 410 g/mol. The fraction of sp³-hybridized carbons (Fsp3) is 0.118. The van der Waals surface area contributed by atoms with Crippen LogP contribution in [0.1, 0.15) is 6.92 Å². The molecule has 0 radical (unpaired) electrons. The molecule has 0 aliphatic heterocycles. The molecular weight excluding hydrogens is 396 g/mol. The van der Waals surface area contributed by atoms with Crippen molar-refractivity contribution < 1.29 is 13.6 Å². The molecule has 0 fully saturated rings. The maximum atomic E-state index is 13.9. The van der Waals surface area contributed by atoms with E-state index in [0.29, 0.717) is 0 Å². The standard InChI is InChI=1S/C17H14ClF2N5OS/c1-9(16(26)22-14-7-6-10(18)8-13(14)20)27-17-24-23-15(25(17)21)11-4-2-3-5-12(11)19/h2-9H,21H2,1H3,(H,22,26)/t9-/m0/s1. The third kappa shape index (κ3) is 4.20. The molecule has 6 nitrogen and oxygen atoms in total. The van der Waals surface area contributed by atoms with Crippen LogP contribution in [0.15, 0.2) is 47.6 Å². The molecule has 2 aromatic carbocycles. The Morgan fingerprint density at radius 2 is 1.96 bits per heavy atom. The number of nitrogens with one attached hydrogen (secondary N) is 1.